The molecule has 0 fully saturated rings. The van der Waals surface area contributed by atoms with E-state index in [-0.39, 0.29) is 17.6 Å². The van der Waals surface area contributed by atoms with Crippen LogP contribution in [0.15, 0.2) is 0 Å². The van der Waals surface area contributed by atoms with E-state index < -0.39 is 14.3 Å². The van der Waals surface area contributed by atoms with E-state index in [1.807, 2.05) is 6.92 Å². The molecule has 0 rings (SSSR count). The summed E-state index contributed by atoms with van der Waals surface area (Å²) in [5.41, 5.74) is 0. The number of aliphatic carboxylic acids is 1. The second-order valence-corrected chi connectivity index (χ2v) is 10.7. The average Bonchev–Trinajstić information content (AvgIpc) is 1.99. The molecule has 0 aromatic carbocycles. The van der Waals surface area contributed by atoms with Crippen LogP contribution in [0.2, 0.25) is 18.1 Å². The predicted molar refractivity (Wildman–Crippen MR) is 69.2 cm³/mol. The van der Waals surface area contributed by atoms with Gasteiger partial charge in [-0.15, -0.1) is 0 Å². The maximum Gasteiger partial charge on any atom is 0.303 e. The van der Waals surface area contributed by atoms with Crippen molar-refractivity contribution in [2.24, 2.45) is 0 Å². The van der Waals surface area contributed by atoms with Crippen LogP contribution in [0.5, 0.6) is 0 Å². The molecule has 4 heteroatoms. The standard InChI is InChI=1S/C12H26O3Si/c1-10(8-7-9-11(13)14)15-16(5,6)12(2,3)4/h10H,7-9H2,1-6H3,(H,13,14)/t10-/m0/s1. The molecular formula is C12H26O3Si. The molecule has 0 aliphatic heterocycles. The quantitative estimate of drug-likeness (QED) is 0.728. The lowest BCUT2D eigenvalue weighted by molar-refractivity contribution is -0.137. The number of carboxylic acid groups (broad SMARTS) is 1. The fourth-order valence-corrected chi connectivity index (χ4v) is 2.76. The maximum atomic E-state index is 10.4. The molecule has 3 nitrogen and oxygen atoms in total. The summed E-state index contributed by atoms with van der Waals surface area (Å²) in [5, 5.41) is 8.77. The average molecular weight is 246 g/mol. The van der Waals surface area contributed by atoms with Crippen LogP contribution in [0.1, 0.15) is 47.0 Å². The summed E-state index contributed by atoms with van der Waals surface area (Å²) < 4.78 is 6.13. The zero-order chi connectivity index (χ0) is 13.0. The van der Waals surface area contributed by atoms with Gasteiger partial charge in [-0.2, -0.15) is 0 Å². The summed E-state index contributed by atoms with van der Waals surface area (Å²) >= 11 is 0. The highest BCUT2D eigenvalue weighted by atomic mass is 28.4. The minimum atomic E-state index is -1.69. The molecule has 0 radical (unpaired) electrons. The number of carbonyl (C=O) groups is 1. The minimum absolute atomic E-state index is 0.167. The van der Waals surface area contributed by atoms with Gasteiger partial charge in [0, 0.05) is 12.5 Å². The molecule has 0 amide bonds. The van der Waals surface area contributed by atoms with Crippen molar-refractivity contribution in [2.45, 2.75) is 71.2 Å². The first kappa shape index (κ1) is 15.6. The molecule has 0 aromatic rings. The van der Waals surface area contributed by atoms with Crippen molar-refractivity contribution < 1.29 is 14.3 Å². The Morgan fingerprint density at radius 2 is 1.88 bits per heavy atom. The number of rotatable bonds is 6. The van der Waals surface area contributed by atoms with Gasteiger partial charge in [-0.1, -0.05) is 20.8 Å². The van der Waals surface area contributed by atoms with Crippen molar-refractivity contribution in [2.75, 3.05) is 0 Å². The second-order valence-electron chi connectivity index (χ2n) is 5.97. The Morgan fingerprint density at radius 1 is 1.38 bits per heavy atom. The van der Waals surface area contributed by atoms with Gasteiger partial charge in [-0.25, -0.2) is 0 Å². The molecule has 0 aliphatic carbocycles. The third-order valence-electron chi connectivity index (χ3n) is 3.30. The Morgan fingerprint density at radius 3 is 2.25 bits per heavy atom. The first-order valence-electron chi connectivity index (χ1n) is 5.96. The lowest BCUT2D eigenvalue weighted by Crippen LogP contribution is -2.43. The first-order valence-corrected chi connectivity index (χ1v) is 8.86. The van der Waals surface area contributed by atoms with Gasteiger partial charge < -0.3 is 9.53 Å². The van der Waals surface area contributed by atoms with Crippen LogP contribution < -0.4 is 0 Å². The van der Waals surface area contributed by atoms with Gasteiger partial charge in [-0.3, -0.25) is 4.79 Å². The lowest BCUT2D eigenvalue weighted by atomic mass is 10.2. The smallest absolute Gasteiger partial charge is 0.303 e. The summed E-state index contributed by atoms with van der Waals surface area (Å²) in [6, 6.07) is 0. The molecule has 96 valence electrons. The van der Waals surface area contributed by atoms with Crippen molar-refractivity contribution in [1.82, 2.24) is 0 Å². The topological polar surface area (TPSA) is 46.5 Å². The molecule has 1 N–H and O–H groups in total. The third kappa shape index (κ3) is 5.65. The van der Waals surface area contributed by atoms with Gasteiger partial charge in [0.1, 0.15) is 0 Å². The normalized spacial score (nSPS) is 14.9. The van der Waals surface area contributed by atoms with E-state index in [4.69, 9.17) is 9.53 Å². The third-order valence-corrected chi connectivity index (χ3v) is 7.91. The van der Waals surface area contributed by atoms with Crippen molar-refractivity contribution in [3.05, 3.63) is 0 Å². The Balaban J connectivity index is 4.04. The van der Waals surface area contributed by atoms with Crippen molar-refractivity contribution in [3.8, 4) is 0 Å². The van der Waals surface area contributed by atoms with E-state index in [1.165, 1.54) is 0 Å². The van der Waals surface area contributed by atoms with E-state index in [0.29, 0.717) is 6.42 Å². The molecule has 1 atom stereocenters. The number of carboxylic acids is 1. The van der Waals surface area contributed by atoms with Crippen LogP contribution in [-0.2, 0) is 9.22 Å². The van der Waals surface area contributed by atoms with Gasteiger partial charge in [0.25, 0.3) is 0 Å². The molecule has 0 spiro atoms. The van der Waals surface area contributed by atoms with E-state index in [1.54, 1.807) is 0 Å². The Hall–Kier alpha value is -0.353. The molecule has 0 aromatic heterocycles. The highest BCUT2D eigenvalue weighted by Gasteiger charge is 2.38. The summed E-state index contributed by atoms with van der Waals surface area (Å²) in [5.74, 6) is -0.723. The Kier molecular flexibility index (Phi) is 5.69. The number of hydrogen-bond acceptors (Lipinski definition) is 2. The van der Waals surface area contributed by atoms with Gasteiger partial charge in [0.2, 0.25) is 0 Å². The largest absolute Gasteiger partial charge is 0.481 e. The van der Waals surface area contributed by atoms with Gasteiger partial charge in [-0.05, 0) is 37.9 Å². The van der Waals surface area contributed by atoms with Crippen LogP contribution in [0.25, 0.3) is 0 Å². The molecule has 0 aliphatic rings. The predicted octanol–water partition coefficient (Wildman–Crippen LogP) is 3.65. The maximum absolute atomic E-state index is 10.4. The van der Waals surface area contributed by atoms with E-state index >= 15 is 0 Å². The molecule has 0 heterocycles. The van der Waals surface area contributed by atoms with Crippen LogP contribution in [-0.4, -0.2) is 25.5 Å². The highest BCUT2D eigenvalue weighted by Crippen LogP contribution is 2.37. The minimum Gasteiger partial charge on any atom is -0.481 e. The first-order chi connectivity index (χ1) is 7.06. The summed E-state index contributed by atoms with van der Waals surface area (Å²) in [4.78, 5) is 10.4. The van der Waals surface area contributed by atoms with Gasteiger partial charge >= 0.3 is 5.97 Å². The SMILES string of the molecule is C[C@@H](CCCC(=O)O)O[Si](C)(C)C(C)(C)C. The summed E-state index contributed by atoms with van der Waals surface area (Å²) in [6.07, 6.45) is 1.94. The van der Waals surface area contributed by atoms with Crippen molar-refractivity contribution >= 4 is 14.3 Å². The van der Waals surface area contributed by atoms with Crippen molar-refractivity contribution in [3.63, 3.8) is 0 Å². The zero-order valence-electron chi connectivity index (χ0n) is 11.5. The Bertz CT molecular complexity index is 231. The molecular weight excluding hydrogens is 220 g/mol. The van der Waals surface area contributed by atoms with Gasteiger partial charge in [0.15, 0.2) is 8.32 Å². The van der Waals surface area contributed by atoms with E-state index in [0.717, 1.165) is 6.42 Å². The summed E-state index contributed by atoms with van der Waals surface area (Å²) in [7, 11) is -1.69. The zero-order valence-corrected chi connectivity index (χ0v) is 12.5. The molecule has 0 saturated heterocycles. The molecule has 0 unspecified atom stereocenters. The van der Waals surface area contributed by atoms with Crippen LogP contribution in [0, 0.1) is 0 Å². The molecule has 16 heavy (non-hydrogen) atoms. The number of hydrogen-bond donors (Lipinski definition) is 1. The van der Waals surface area contributed by atoms with E-state index in [9.17, 15) is 4.79 Å². The monoisotopic (exact) mass is 246 g/mol. The van der Waals surface area contributed by atoms with E-state index in [2.05, 4.69) is 33.9 Å². The van der Waals surface area contributed by atoms with Gasteiger partial charge in [0.05, 0.1) is 0 Å². The summed E-state index contributed by atoms with van der Waals surface area (Å²) in [6.45, 7) is 13.1. The van der Waals surface area contributed by atoms with Crippen LogP contribution in [0.4, 0.5) is 0 Å². The fourth-order valence-electron chi connectivity index (χ4n) is 1.28. The second kappa shape index (κ2) is 5.82. The Labute approximate surface area is 100 Å². The van der Waals surface area contributed by atoms with Crippen molar-refractivity contribution in [1.29, 1.82) is 0 Å². The lowest BCUT2D eigenvalue weighted by Gasteiger charge is -2.38. The molecule has 0 bridgehead atoms. The van der Waals surface area contributed by atoms with Crippen LogP contribution in [0.3, 0.4) is 0 Å². The fraction of sp³-hybridized carbons (Fsp3) is 0.917. The van der Waals surface area contributed by atoms with Crippen LogP contribution >= 0.6 is 0 Å². The highest BCUT2D eigenvalue weighted by molar-refractivity contribution is 6.74. The molecule has 0 saturated carbocycles.